The van der Waals surface area contributed by atoms with E-state index in [2.05, 4.69) is 0 Å². The first-order valence-electron chi connectivity index (χ1n) is 6.14. The highest BCUT2D eigenvalue weighted by Crippen LogP contribution is 2.16. The molecular weight excluding hydrogens is 329 g/mol. The van der Waals surface area contributed by atoms with Gasteiger partial charge in [0.2, 0.25) is 0 Å². The quantitative estimate of drug-likeness (QED) is 0.260. The summed E-state index contributed by atoms with van der Waals surface area (Å²) in [5, 5.41) is 28.4. The van der Waals surface area contributed by atoms with E-state index in [1.165, 1.54) is 6.07 Å². The molecule has 0 fully saturated rings. The summed E-state index contributed by atoms with van der Waals surface area (Å²) in [4.78, 5) is 10.2. The van der Waals surface area contributed by atoms with E-state index >= 15 is 0 Å². The van der Waals surface area contributed by atoms with Crippen LogP contribution in [0.5, 0.6) is 0 Å². The zero-order valence-corrected chi connectivity index (χ0v) is 12.3. The van der Waals surface area contributed by atoms with Crippen molar-refractivity contribution < 1.29 is 32.4 Å². The van der Waals surface area contributed by atoms with E-state index in [1.54, 1.807) is 12.1 Å². The van der Waals surface area contributed by atoms with Gasteiger partial charge in [0.15, 0.2) is 0 Å². The van der Waals surface area contributed by atoms with Crippen molar-refractivity contribution in [2.45, 2.75) is 5.75 Å². The third-order valence-electron chi connectivity index (χ3n) is 2.25. The molecule has 1 aromatic carbocycles. The Labute approximate surface area is 127 Å². The highest BCUT2D eigenvalue weighted by Gasteiger charge is 2.20. The second-order valence-corrected chi connectivity index (χ2v) is 6.36. The van der Waals surface area contributed by atoms with E-state index in [-0.39, 0.29) is 29.8 Å². The smallest absolute Gasteiger partial charge is 0.418 e. The summed E-state index contributed by atoms with van der Waals surface area (Å²) in [6.45, 7) is 0.163. The van der Waals surface area contributed by atoms with Crippen LogP contribution in [0.1, 0.15) is 5.56 Å². The second-order valence-electron chi connectivity index (χ2n) is 4.03. The van der Waals surface area contributed by atoms with Gasteiger partial charge in [-0.2, -0.15) is 0 Å². The Hall–Kier alpha value is -1.33. The molecule has 0 saturated carbocycles. The van der Waals surface area contributed by atoms with Crippen molar-refractivity contribution in [3.05, 3.63) is 39.9 Å². The van der Waals surface area contributed by atoms with Gasteiger partial charge >= 0.3 is 7.25 Å². The number of benzene rings is 1. The number of hydrogen-bond donors (Lipinski definition) is 2. The first-order chi connectivity index (χ1) is 10.2. The molecule has 1 rings (SSSR count). The SMILES string of the molecule is F[B-](F)(F)F.O=[N+]([O-])c1cccc(C[S+](CCO)CCO)c1. The molecule has 22 heavy (non-hydrogen) atoms. The lowest BCUT2D eigenvalue weighted by Gasteiger charge is -2.06. The summed E-state index contributed by atoms with van der Waals surface area (Å²) < 4.78 is 39.0. The van der Waals surface area contributed by atoms with Gasteiger partial charge in [0, 0.05) is 17.7 Å². The van der Waals surface area contributed by atoms with Crippen LogP contribution in [0.15, 0.2) is 24.3 Å². The molecule has 2 N–H and O–H groups in total. The molecule has 0 heterocycles. The molecule has 0 bridgehead atoms. The molecule has 0 spiro atoms. The molecule has 5 nitrogen and oxygen atoms in total. The van der Waals surface area contributed by atoms with E-state index in [1.807, 2.05) is 6.07 Å². The highest BCUT2D eigenvalue weighted by molar-refractivity contribution is 7.96. The molecule has 0 unspecified atom stereocenters. The zero-order chi connectivity index (χ0) is 17.2. The molecule has 0 radical (unpaired) electrons. The van der Waals surface area contributed by atoms with Gasteiger partial charge < -0.3 is 27.5 Å². The van der Waals surface area contributed by atoms with Crippen LogP contribution < -0.4 is 0 Å². The van der Waals surface area contributed by atoms with E-state index in [9.17, 15) is 27.4 Å². The Bertz CT molecular complexity index is 452. The largest absolute Gasteiger partial charge is 0.673 e. The zero-order valence-electron chi connectivity index (χ0n) is 11.5. The Morgan fingerprint density at radius 3 is 2.05 bits per heavy atom. The van der Waals surface area contributed by atoms with Gasteiger partial charge in [-0.25, -0.2) is 0 Å². The molecule has 126 valence electrons. The molecule has 11 heteroatoms. The van der Waals surface area contributed by atoms with E-state index in [0.29, 0.717) is 17.3 Å². The average molecular weight is 345 g/mol. The van der Waals surface area contributed by atoms with Crippen LogP contribution in [0.3, 0.4) is 0 Å². The van der Waals surface area contributed by atoms with Gasteiger partial charge in [-0.1, -0.05) is 12.1 Å². The Balaban J connectivity index is 0.000000763. The van der Waals surface area contributed by atoms with Crippen molar-refractivity contribution >= 4 is 23.8 Å². The number of nitrogens with zero attached hydrogens (tertiary/aromatic N) is 1. The molecule has 0 aromatic heterocycles. The van der Waals surface area contributed by atoms with E-state index in [4.69, 9.17) is 10.2 Å². The van der Waals surface area contributed by atoms with Crippen LogP contribution >= 0.6 is 0 Å². The first-order valence-corrected chi connectivity index (χ1v) is 7.87. The van der Waals surface area contributed by atoms with Crippen molar-refractivity contribution in [2.75, 3.05) is 24.7 Å². The maximum absolute atomic E-state index is 10.6. The molecule has 1 aromatic rings. The summed E-state index contributed by atoms with van der Waals surface area (Å²) in [6.07, 6.45) is 0. The lowest BCUT2D eigenvalue weighted by molar-refractivity contribution is -0.384. The van der Waals surface area contributed by atoms with Crippen molar-refractivity contribution in [1.82, 2.24) is 0 Å². The second kappa shape index (κ2) is 10.4. The van der Waals surface area contributed by atoms with Crippen LogP contribution in [-0.4, -0.2) is 47.1 Å². The van der Waals surface area contributed by atoms with Crippen LogP contribution in [0.2, 0.25) is 0 Å². The summed E-state index contributed by atoms with van der Waals surface area (Å²) >= 11 is 0. The molecular formula is C11H16BF4NO4S. The highest BCUT2D eigenvalue weighted by atomic mass is 32.2. The number of non-ortho nitro benzene ring substituents is 1. The molecule has 0 saturated heterocycles. The molecule has 0 atom stereocenters. The van der Waals surface area contributed by atoms with Crippen molar-refractivity contribution in [1.29, 1.82) is 0 Å². The predicted molar refractivity (Wildman–Crippen MR) is 78.3 cm³/mol. The lowest BCUT2D eigenvalue weighted by Crippen LogP contribution is -2.19. The Kier molecular flexibility index (Phi) is 9.78. The van der Waals surface area contributed by atoms with Crippen molar-refractivity contribution in [3.8, 4) is 0 Å². The maximum Gasteiger partial charge on any atom is 0.673 e. The maximum atomic E-state index is 10.6. The number of nitro groups is 1. The van der Waals surface area contributed by atoms with Crippen molar-refractivity contribution in [3.63, 3.8) is 0 Å². The minimum absolute atomic E-state index is 0.0814. The van der Waals surface area contributed by atoms with Gasteiger partial charge in [0.05, 0.1) is 18.1 Å². The van der Waals surface area contributed by atoms with Gasteiger partial charge in [-0.05, 0) is 10.9 Å². The number of rotatable bonds is 7. The molecule has 0 aliphatic carbocycles. The Morgan fingerprint density at radius 1 is 1.14 bits per heavy atom. The molecule has 0 amide bonds. The Morgan fingerprint density at radius 2 is 1.64 bits per heavy atom. The average Bonchev–Trinajstić information content (AvgIpc) is 2.37. The number of aliphatic hydroxyl groups excluding tert-OH is 2. The fourth-order valence-electron chi connectivity index (χ4n) is 1.50. The van der Waals surface area contributed by atoms with Crippen LogP contribution in [-0.2, 0) is 16.6 Å². The fraction of sp³-hybridized carbons (Fsp3) is 0.455. The van der Waals surface area contributed by atoms with Crippen LogP contribution in [0.4, 0.5) is 23.0 Å². The third-order valence-corrected chi connectivity index (χ3v) is 4.51. The normalized spacial score (nSPS) is 11.0. The van der Waals surface area contributed by atoms with E-state index in [0.717, 1.165) is 5.56 Å². The monoisotopic (exact) mass is 345 g/mol. The first kappa shape index (κ1) is 20.7. The summed E-state index contributed by atoms with van der Waals surface area (Å²) in [5.41, 5.74) is 0.962. The van der Waals surface area contributed by atoms with Crippen LogP contribution in [0.25, 0.3) is 0 Å². The fourth-order valence-corrected chi connectivity index (χ4v) is 3.16. The number of hydrogen-bond acceptors (Lipinski definition) is 4. The summed E-state index contributed by atoms with van der Waals surface area (Å²) in [5.74, 6) is 1.93. The molecule has 0 aliphatic rings. The minimum Gasteiger partial charge on any atom is -0.418 e. The minimum atomic E-state index is -6.00. The van der Waals surface area contributed by atoms with Gasteiger partial charge in [-0.3, -0.25) is 10.1 Å². The van der Waals surface area contributed by atoms with Gasteiger partial charge in [0.1, 0.15) is 17.3 Å². The van der Waals surface area contributed by atoms with Gasteiger partial charge in [-0.15, -0.1) is 0 Å². The lowest BCUT2D eigenvalue weighted by atomic mass is 10.2. The summed E-state index contributed by atoms with van der Waals surface area (Å²) in [7, 11) is -6.12. The topological polar surface area (TPSA) is 83.6 Å². The standard InChI is InChI=1S/C11H16NO4S.BF4/c13-4-6-17(7-5-14)9-10-2-1-3-11(8-10)12(15)16;2-1(3,4)5/h1-3,8,13-14H,4-7,9H2;/q+1;-1. The van der Waals surface area contributed by atoms with E-state index < -0.39 is 12.2 Å². The van der Waals surface area contributed by atoms with Crippen LogP contribution in [0, 0.1) is 10.1 Å². The summed E-state index contributed by atoms with van der Waals surface area (Å²) in [6, 6.07) is 6.50. The number of nitro benzene ring substituents is 1. The number of halogens is 4. The number of aliphatic hydroxyl groups is 2. The van der Waals surface area contributed by atoms with Gasteiger partial charge in [0.25, 0.3) is 5.69 Å². The van der Waals surface area contributed by atoms with Crippen molar-refractivity contribution in [2.24, 2.45) is 0 Å². The third kappa shape index (κ3) is 11.3. The predicted octanol–water partition coefficient (Wildman–Crippen LogP) is 2.00. The molecule has 0 aliphatic heterocycles.